The van der Waals surface area contributed by atoms with E-state index < -0.39 is 6.04 Å². The molecule has 0 unspecified atom stereocenters. The van der Waals surface area contributed by atoms with Gasteiger partial charge in [-0.15, -0.1) is 23.1 Å². The summed E-state index contributed by atoms with van der Waals surface area (Å²) in [6, 6.07) is 11.6. The first-order valence-corrected chi connectivity index (χ1v) is 10.4. The lowest BCUT2D eigenvalue weighted by molar-refractivity contribution is -0.119. The summed E-state index contributed by atoms with van der Waals surface area (Å²) < 4.78 is 5.32. The zero-order valence-corrected chi connectivity index (χ0v) is 16.1. The number of thioether (sulfide) groups is 1. The molecule has 1 aliphatic rings. The summed E-state index contributed by atoms with van der Waals surface area (Å²) in [5, 5.41) is 14.0. The van der Waals surface area contributed by atoms with Gasteiger partial charge >= 0.3 is 0 Å². The zero-order valence-electron chi connectivity index (χ0n) is 14.5. The molecule has 0 bridgehead atoms. The van der Waals surface area contributed by atoms with Gasteiger partial charge in [-0.2, -0.15) is 5.26 Å². The van der Waals surface area contributed by atoms with Gasteiger partial charge in [-0.1, -0.05) is 0 Å². The number of anilines is 1. The summed E-state index contributed by atoms with van der Waals surface area (Å²) in [5.74, 6) is 1.01. The molecule has 1 fully saturated rings. The molecule has 2 amide bonds. The van der Waals surface area contributed by atoms with E-state index in [-0.39, 0.29) is 11.8 Å². The monoisotopic (exact) mass is 410 g/mol. The van der Waals surface area contributed by atoms with Gasteiger partial charge in [0.2, 0.25) is 5.91 Å². The minimum Gasteiger partial charge on any atom is -0.462 e. The van der Waals surface area contributed by atoms with E-state index >= 15 is 0 Å². The minimum absolute atomic E-state index is 0.260. The normalized spacial score (nSPS) is 16.0. The number of carbonyl (C=O) groups is 2. The molecule has 1 atom stereocenters. The topological polar surface area (TPSA) is 99.2 Å². The Hall–Kier alpha value is -3.09. The molecule has 4 rings (SSSR count). The first-order chi connectivity index (χ1) is 13.7. The van der Waals surface area contributed by atoms with Crippen LogP contribution in [0, 0.1) is 11.3 Å². The van der Waals surface area contributed by atoms with Crippen molar-refractivity contribution in [3.63, 3.8) is 0 Å². The number of benzene rings is 1. The van der Waals surface area contributed by atoms with Crippen molar-refractivity contribution in [3.05, 3.63) is 59.3 Å². The molecule has 1 N–H and O–H groups in total. The Kier molecular flexibility index (Phi) is 5.14. The van der Waals surface area contributed by atoms with Crippen LogP contribution in [0.5, 0.6) is 0 Å². The molecule has 3 heterocycles. The lowest BCUT2D eigenvalue weighted by Crippen LogP contribution is -2.44. The van der Waals surface area contributed by atoms with Crippen molar-refractivity contribution >= 4 is 40.6 Å². The van der Waals surface area contributed by atoms with Gasteiger partial charge in [0.15, 0.2) is 10.8 Å². The lowest BCUT2D eigenvalue weighted by atomic mass is 10.2. The average Bonchev–Trinajstić information content (AvgIpc) is 3.49. The predicted molar refractivity (Wildman–Crippen MR) is 107 cm³/mol. The predicted octanol–water partition coefficient (Wildman–Crippen LogP) is 3.43. The summed E-state index contributed by atoms with van der Waals surface area (Å²) in [6.07, 6.45) is 1.55. The minimum atomic E-state index is -0.582. The standard InChI is InChI=1S/C19H14N4O3S2/c20-8-12-3-5-13(6-4-12)21-17(24)15-10-27-11-23(15)19(25)14-9-28-18(22-14)16-2-1-7-26-16/h1-7,9,15H,10-11H2,(H,21,24)/t15-/m0/s1. The fourth-order valence-electron chi connectivity index (χ4n) is 2.75. The third-order valence-electron chi connectivity index (χ3n) is 4.18. The van der Waals surface area contributed by atoms with Crippen molar-refractivity contribution in [1.82, 2.24) is 9.88 Å². The highest BCUT2D eigenvalue weighted by Crippen LogP contribution is 2.28. The molecular weight excluding hydrogens is 396 g/mol. The van der Waals surface area contributed by atoms with Crippen LogP contribution in [0.3, 0.4) is 0 Å². The van der Waals surface area contributed by atoms with E-state index in [4.69, 9.17) is 9.68 Å². The maximum Gasteiger partial charge on any atom is 0.274 e. The molecule has 9 heteroatoms. The van der Waals surface area contributed by atoms with Crippen LogP contribution >= 0.6 is 23.1 Å². The maximum absolute atomic E-state index is 12.9. The number of amides is 2. The number of nitriles is 1. The second kappa shape index (κ2) is 7.88. The van der Waals surface area contributed by atoms with Gasteiger partial charge in [-0.05, 0) is 36.4 Å². The molecule has 0 spiro atoms. The fraction of sp³-hybridized carbons (Fsp3) is 0.158. The first-order valence-electron chi connectivity index (χ1n) is 8.35. The van der Waals surface area contributed by atoms with Gasteiger partial charge < -0.3 is 14.6 Å². The lowest BCUT2D eigenvalue weighted by Gasteiger charge is -2.22. The molecule has 0 saturated carbocycles. The Morgan fingerprint density at radius 2 is 2.11 bits per heavy atom. The summed E-state index contributed by atoms with van der Waals surface area (Å²) in [7, 11) is 0. The highest BCUT2D eigenvalue weighted by Gasteiger charge is 2.36. The highest BCUT2D eigenvalue weighted by atomic mass is 32.2. The Labute approximate surface area is 169 Å². The molecule has 1 saturated heterocycles. The number of nitrogens with one attached hydrogen (secondary N) is 1. The maximum atomic E-state index is 12.9. The van der Waals surface area contributed by atoms with Crippen LogP contribution in [0.1, 0.15) is 16.1 Å². The number of rotatable bonds is 4. The number of hydrogen-bond donors (Lipinski definition) is 1. The van der Waals surface area contributed by atoms with Gasteiger partial charge in [0, 0.05) is 16.8 Å². The summed E-state index contributed by atoms with van der Waals surface area (Å²) in [6.45, 7) is 0. The molecule has 7 nitrogen and oxygen atoms in total. The molecule has 1 aromatic carbocycles. The fourth-order valence-corrected chi connectivity index (χ4v) is 4.66. The first kappa shape index (κ1) is 18.3. The van der Waals surface area contributed by atoms with Gasteiger partial charge in [0.1, 0.15) is 11.7 Å². The molecule has 140 valence electrons. The Balaban J connectivity index is 1.47. The van der Waals surface area contributed by atoms with E-state index in [1.165, 1.54) is 28.0 Å². The molecule has 0 aliphatic carbocycles. The molecular formula is C19H14N4O3S2. The van der Waals surface area contributed by atoms with Crippen molar-refractivity contribution < 1.29 is 14.0 Å². The Morgan fingerprint density at radius 3 is 2.82 bits per heavy atom. The molecule has 28 heavy (non-hydrogen) atoms. The Bertz CT molecular complexity index is 1040. The van der Waals surface area contributed by atoms with Crippen LogP contribution in [-0.4, -0.2) is 39.4 Å². The largest absolute Gasteiger partial charge is 0.462 e. The SMILES string of the molecule is N#Cc1ccc(NC(=O)[C@@H]2CSCN2C(=O)c2csc(-c3ccco3)n2)cc1. The molecule has 1 aliphatic heterocycles. The van der Waals surface area contributed by atoms with Crippen molar-refractivity contribution in [1.29, 1.82) is 5.26 Å². The smallest absolute Gasteiger partial charge is 0.274 e. The average molecular weight is 410 g/mol. The number of carbonyl (C=O) groups excluding carboxylic acids is 2. The number of nitrogens with zero attached hydrogens (tertiary/aromatic N) is 3. The second-order valence-electron chi connectivity index (χ2n) is 5.98. The quantitative estimate of drug-likeness (QED) is 0.707. The Morgan fingerprint density at radius 1 is 1.29 bits per heavy atom. The number of hydrogen-bond acceptors (Lipinski definition) is 7. The summed E-state index contributed by atoms with van der Waals surface area (Å²) >= 11 is 2.85. The van der Waals surface area contributed by atoms with Crippen LogP contribution in [0.25, 0.3) is 10.8 Å². The molecule has 3 aromatic rings. The zero-order chi connectivity index (χ0) is 19.5. The summed E-state index contributed by atoms with van der Waals surface area (Å²) in [4.78, 5) is 31.5. The summed E-state index contributed by atoms with van der Waals surface area (Å²) in [5.41, 5.74) is 1.40. The van der Waals surface area contributed by atoms with Crippen LogP contribution in [0.4, 0.5) is 5.69 Å². The highest BCUT2D eigenvalue weighted by molar-refractivity contribution is 7.99. The van der Waals surface area contributed by atoms with Crippen LogP contribution in [0.2, 0.25) is 0 Å². The van der Waals surface area contributed by atoms with Gasteiger partial charge in [0.05, 0.1) is 23.8 Å². The van der Waals surface area contributed by atoms with Crippen molar-refractivity contribution in [3.8, 4) is 16.8 Å². The van der Waals surface area contributed by atoms with Crippen LogP contribution < -0.4 is 5.32 Å². The van der Waals surface area contributed by atoms with E-state index in [9.17, 15) is 9.59 Å². The van der Waals surface area contributed by atoms with E-state index in [1.807, 2.05) is 6.07 Å². The third kappa shape index (κ3) is 3.65. The van der Waals surface area contributed by atoms with E-state index in [0.29, 0.717) is 39.3 Å². The van der Waals surface area contributed by atoms with E-state index in [1.54, 1.807) is 48.0 Å². The van der Waals surface area contributed by atoms with Crippen molar-refractivity contribution in [2.24, 2.45) is 0 Å². The van der Waals surface area contributed by atoms with Crippen LogP contribution in [-0.2, 0) is 4.79 Å². The third-order valence-corrected chi connectivity index (χ3v) is 6.05. The van der Waals surface area contributed by atoms with Gasteiger partial charge in [-0.3, -0.25) is 9.59 Å². The number of aromatic nitrogens is 1. The molecule has 2 aromatic heterocycles. The second-order valence-corrected chi connectivity index (χ2v) is 7.84. The van der Waals surface area contributed by atoms with Crippen molar-refractivity contribution in [2.45, 2.75) is 6.04 Å². The number of furan rings is 1. The van der Waals surface area contributed by atoms with E-state index in [0.717, 1.165) is 0 Å². The van der Waals surface area contributed by atoms with Crippen molar-refractivity contribution in [2.75, 3.05) is 16.9 Å². The van der Waals surface area contributed by atoms with E-state index in [2.05, 4.69) is 10.3 Å². The van der Waals surface area contributed by atoms with Crippen LogP contribution in [0.15, 0.2) is 52.5 Å². The van der Waals surface area contributed by atoms with Gasteiger partial charge in [-0.25, -0.2) is 4.98 Å². The molecule has 0 radical (unpaired) electrons. The van der Waals surface area contributed by atoms with Gasteiger partial charge in [0.25, 0.3) is 5.91 Å². The number of thiazole rings is 1.